The van der Waals surface area contributed by atoms with Crippen molar-refractivity contribution < 1.29 is 4.92 Å². The highest BCUT2D eigenvalue weighted by molar-refractivity contribution is 5.50. The largest absolute Gasteiger partial charge is 0.284 e. The molecule has 0 atom stereocenters. The molecule has 3 nitrogen and oxygen atoms in total. The van der Waals surface area contributed by atoms with E-state index in [1.54, 1.807) is 18.2 Å². The average Bonchev–Trinajstić information content (AvgIpc) is 2.25. The van der Waals surface area contributed by atoms with Gasteiger partial charge in [-0.15, -0.1) is 0 Å². The summed E-state index contributed by atoms with van der Waals surface area (Å²) in [5.74, 6) is 5.78. The SMILES string of the molecule is CCCCC#Cc1ccccc1[N+](=O)[O-]. The first-order valence-corrected chi connectivity index (χ1v) is 4.98. The third-order valence-electron chi connectivity index (χ3n) is 1.98. The molecule has 78 valence electrons. The van der Waals surface area contributed by atoms with Crippen LogP contribution in [0.5, 0.6) is 0 Å². The van der Waals surface area contributed by atoms with Gasteiger partial charge in [-0.25, -0.2) is 0 Å². The van der Waals surface area contributed by atoms with Gasteiger partial charge in [0.25, 0.3) is 5.69 Å². The Balaban J connectivity index is 2.83. The predicted molar refractivity (Wildman–Crippen MR) is 59.5 cm³/mol. The van der Waals surface area contributed by atoms with Crippen LogP contribution in [0.3, 0.4) is 0 Å². The van der Waals surface area contributed by atoms with E-state index >= 15 is 0 Å². The number of hydrogen-bond acceptors (Lipinski definition) is 2. The van der Waals surface area contributed by atoms with Crippen LogP contribution in [0.2, 0.25) is 0 Å². The van der Waals surface area contributed by atoms with Crippen molar-refractivity contribution in [2.75, 3.05) is 0 Å². The van der Waals surface area contributed by atoms with Gasteiger partial charge in [0.1, 0.15) is 5.56 Å². The average molecular weight is 203 g/mol. The normalized spacial score (nSPS) is 9.13. The van der Waals surface area contributed by atoms with Gasteiger partial charge in [-0.1, -0.05) is 37.3 Å². The second-order valence-corrected chi connectivity index (χ2v) is 3.18. The van der Waals surface area contributed by atoms with Crippen LogP contribution >= 0.6 is 0 Å². The van der Waals surface area contributed by atoms with Crippen molar-refractivity contribution in [3.63, 3.8) is 0 Å². The number of unbranched alkanes of at least 4 members (excludes halogenated alkanes) is 2. The van der Waals surface area contributed by atoms with E-state index in [1.165, 1.54) is 6.07 Å². The van der Waals surface area contributed by atoms with E-state index in [9.17, 15) is 10.1 Å². The first kappa shape index (κ1) is 11.3. The lowest BCUT2D eigenvalue weighted by atomic mass is 10.1. The van der Waals surface area contributed by atoms with Crippen LogP contribution in [0.4, 0.5) is 5.69 Å². The third kappa shape index (κ3) is 3.43. The van der Waals surface area contributed by atoms with Crippen molar-refractivity contribution in [1.29, 1.82) is 0 Å². The Hall–Kier alpha value is -1.82. The van der Waals surface area contributed by atoms with Gasteiger partial charge in [0.2, 0.25) is 0 Å². The molecule has 0 aliphatic heterocycles. The van der Waals surface area contributed by atoms with Gasteiger partial charge < -0.3 is 0 Å². The first-order chi connectivity index (χ1) is 7.25. The molecule has 0 unspecified atom stereocenters. The zero-order chi connectivity index (χ0) is 11.1. The van der Waals surface area contributed by atoms with Crippen molar-refractivity contribution in [1.82, 2.24) is 0 Å². The Morgan fingerprint density at radius 1 is 1.40 bits per heavy atom. The van der Waals surface area contributed by atoms with Crippen LogP contribution in [-0.4, -0.2) is 4.92 Å². The minimum atomic E-state index is -0.399. The maximum absolute atomic E-state index is 10.6. The molecular weight excluding hydrogens is 190 g/mol. The van der Waals surface area contributed by atoms with Crippen molar-refractivity contribution in [2.24, 2.45) is 0 Å². The van der Waals surface area contributed by atoms with E-state index in [0.717, 1.165) is 19.3 Å². The summed E-state index contributed by atoms with van der Waals surface area (Å²) in [6.45, 7) is 2.09. The highest BCUT2D eigenvalue weighted by Crippen LogP contribution is 2.15. The molecule has 15 heavy (non-hydrogen) atoms. The molecule has 0 aliphatic rings. The Labute approximate surface area is 89.3 Å². The van der Waals surface area contributed by atoms with Crippen molar-refractivity contribution >= 4 is 5.69 Å². The van der Waals surface area contributed by atoms with E-state index in [2.05, 4.69) is 18.8 Å². The summed E-state index contributed by atoms with van der Waals surface area (Å²) in [6.07, 6.45) is 2.92. The van der Waals surface area contributed by atoms with E-state index in [-0.39, 0.29) is 5.69 Å². The number of benzene rings is 1. The molecular formula is C12H13NO2. The highest BCUT2D eigenvalue weighted by Gasteiger charge is 2.09. The zero-order valence-electron chi connectivity index (χ0n) is 8.69. The summed E-state index contributed by atoms with van der Waals surface area (Å²) in [6, 6.07) is 6.56. The van der Waals surface area contributed by atoms with Crippen molar-refractivity contribution in [3.8, 4) is 11.8 Å². The first-order valence-electron chi connectivity index (χ1n) is 4.98. The molecule has 0 saturated heterocycles. The number of nitro groups is 1. The Morgan fingerprint density at radius 2 is 2.13 bits per heavy atom. The monoisotopic (exact) mass is 203 g/mol. The van der Waals surface area contributed by atoms with Gasteiger partial charge in [-0.3, -0.25) is 10.1 Å². The summed E-state index contributed by atoms with van der Waals surface area (Å²) in [7, 11) is 0. The van der Waals surface area contributed by atoms with E-state index in [1.807, 2.05) is 0 Å². The van der Waals surface area contributed by atoms with Crippen LogP contribution in [0.1, 0.15) is 31.7 Å². The summed E-state index contributed by atoms with van der Waals surface area (Å²) < 4.78 is 0. The molecule has 1 aromatic rings. The maximum atomic E-state index is 10.6. The summed E-state index contributed by atoms with van der Waals surface area (Å²) in [5, 5.41) is 10.6. The number of hydrogen-bond donors (Lipinski definition) is 0. The lowest BCUT2D eigenvalue weighted by molar-refractivity contribution is -0.385. The molecule has 1 aromatic carbocycles. The van der Waals surface area contributed by atoms with Crippen LogP contribution < -0.4 is 0 Å². The molecule has 1 rings (SSSR count). The highest BCUT2D eigenvalue weighted by atomic mass is 16.6. The van der Waals surface area contributed by atoms with Gasteiger partial charge in [-0.05, 0) is 12.5 Å². The Bertz CT molecular complexity index is 402. The molecule has 0 aliphatic carbocycles. The molecule has 0 N–H and O–H groups in total. The van der Waals surface area contributed by atoms with E-state index < -0.39 is 4.92 Å². The quantitative estimate of drug-likeness (QED) is 0.328. The van der Waals surface area contributed by atoms with E-state index in [4.69, 9.17) is 0 Å². The third-order valence-corrected chi connectivity index (χ3v) is 1.98. The summed E-state index contributed by atoms with van der Waals surface area (Å²) >= 11 is 0. The number of rotatable bonds is 3. The molecule has 0 heterocycles. The van der Waals surface area contributed by atoms with Gasteiger partial charge in [0.15, 0.2) is 0 Å². The molecule has 0 saturated carbocycles. The molecule has 0 bridgehead atoms. The van der Waals surface area contributed by atoms with Gasteiger partial charge in [0, 0.05) is 12.5 Å². The van der Waals surface area contributed by atoms with Crippen LogP contribution in [0.15, 0.2) is 24.3 Å². The Kier molecular flexibility index (Phi) is 4.36. The second-order valence-electron chi connectivity index (χ2n) is 3.18. The minimum absolute atomic E-state index is 0.0847. The molecule has 0 amide bonds. The lowest BCUT2D eigenvalue weighted by Crippen LogP contribution is -1.91. The fourth-order valence-electron chi connectivity index (χ4n) is 1.16. The second kappa shape index (κ2) is 5.82. The number of nitro benzene ring substituents is 1. The van der Waals surface area contributed by atoms with Crippen molar-refractivity contribution in [2.45, 2.75) is 26.2 Å². The Morgan fingerprint density at radius 3 is 2.80 bits per heavy atom. The fourth-order valence-corrected chi connectivity index (χ4v) is 1.16. The standard InChI is InChI=1S/C12H13NO2/c1-2-3-4-5-8-11-9-6-7-10-12(11)13(14)15/h6-7,9-10H,2-4H2,1H3. The number of nitrogens with zero attached hydrogens (tertiary/aromatic N) is 1. The zero-order valence-corrected chi connectivity index (χ0v) is 8.69. The van der Waals surface area contributed by atoms with Crippen LogP contribution in [0.25, 0.3) is 0 Å². The van der Waals surface area contributed by atoms with Crippen LogP contribution in [0, 0.1) is 22.0 Å². The summed E-state index contributed by atoms with van der Waals surface area (Å²) in [4.78, 5) is 10.2. The molecule has 0 radical (unpaired) electrons. The topological polar surface area (TPSA) is 43.1 Å². The number of para-hydroxylation sites is 1. The smallest absolute Gasteiger partial charge is 0.258 e. The molecule has 3 heteroatoms. The van der Waals surface area contributed by atoms with Gasteiger partial charge in [-0.2, -0.15) is 0 Å². The molecule has 0 spiro atoms. The van der Waals surface area contributed by atoms with E-state index in [0.29, 0.717) is 5.56 Å². The molecule has 0 fully saturated rings. The predicted octanol–water partition coefficient (Wildman–Crippen LogP) is 3.14. The molecule has 0 aromatic heterocycles. The van der Waals surface area contributed by atoms with Crippen molar-refractivity contribution in [3.05, 3.63) is 39.9 Å². The minimum Gasteiger partial charge on any atom is -0.258 e. The maximum Gasteiger partial charge on any atom is 0.284 e. The van der Waals surface area contributed by atoms with Gasteiger partial charge >= 0.3 is 0 Å². The lowest BCUT2D eigenvalue weighted by Gasteiger charge is -1.93. The van der Waals surface area contributed by atoms with Crippen LogP contribution in [-0.2, 0) is 0 Å². The summed E-state index contributed by atoms with van der Waals surface area (Å²) in [5.41, 5.74) is 0.583. The fraction of sp³-hybridized carbons (Fsp3) is 0.333. The van der Waals surface area contributed by atoms with Gasteiger partial charge in [0.05, 0.1) is 4.92 Å².